The number of hydrogen-bond acceptors (Lipinski definition) is 5. The predicted octanol–water partition coefficient (Wildman–Crippen LogP) is 2.16. The molecule has 21 heavy (non-hydrogen) atoms. The molecule has 0 saturated heterocycles. The van der Waals surface area contributed by atoms with Gasteiger partial charge in [0.05, 0.1) is 20.1 Å². The highest BCUT2D eigenvalue weighted by Crippen LogP contribution is 2.27. The molecule has 0 bridgehead atoms. The van der Waals surface area contributed by atoms with Crippen molar-refractivity contribution in [3.05, 3.63) is 23.8 Å². The van der Waals surface area contributed by atoms with Crippen molar-refractivity contribution in [3.8, 4) is 11.5 Å². The van der Waals surface area contributed by atoms with Crippen molar-refractivity contribution in [2.75, 3.05) is 20.8 Å². The van der Waals surface area contributed by atoms with Gasteiger partial charge in [0, 0.05) is 12.6 Å². The summed E-state index contributed by atoms with van der Waals surface area (Å²) in [5, 5.41) is 0. The lowest BCUT2D eigenvalue weighted by molar-refractivity contribution is -0.159. The Bertz CT molecular complexity index is 480. The quantitative estimate of drug-likeness (QED) is 0.814. The fraction of sp³-hybridized carbons (Fsp3) is 0.562. The van der Waals surface area contributed by atoms with Crippen molar-refractivity contribution in [2.24, 2.45) is 11.7 Å². The molecule has 1 unspecified atom stereocenters. The van der Waals surface area contributed by atoms with Crippen LogP contribution >= 0.6 is 0 Å². The van der Waals surface area contributed by atoms with Crippen LogP contribution < -0.4 is 15.2 Å². The summed E-state index contributed by atoms with van der Waals surface area (Å²) in [7, 11) is 3.18. The second kappa shape index (κ2) is 7.31. The van der Waals surface area contributed by atoms with E-state index in [2.05, 4.69) is 0 Å². The first-order valence-corrected chi connectivity index (χ1v) is 6.94. The van der Waals surface area contributed by atoms with Gasteiger partial charge in [-0.3, -0.25) is 4.79 Å². The molecule has 5 nitrogen and oxygen atoms in total. The lowest BCUT2D eigenvalue weighted by Crippen LogP contribution is -2.33. The zero-order chi connectivity index (χ0) is 16.0. The van der Waals surface area contributed by atoms with Gasteiger partial charge in [-0.25, -0.2) is 0 Å². The van der Waals surface area contributed by atoms with Crippen LogP contribution in [0.3, 0.4) is 0 Å². The van der Waals surface area contributed by atoms with E-state index in [4.69, 9.17) is 19.9 Å². The molecular formula is C16H25NO4. The molecule has 5 heteroatoms. The Kier molecular flexibility index (Phi) is 6.03. The monoisotopic (exact) mass is 295 g/mol. The minimum Gasteiger partial charge on any atom is -0.497 e. The molecule has 0 radical (unpaired) electrons. The van der Waals surface area contributed by atoms with Gasteiger partial charge < -0.3 is 19.9 Å². The highest BCUT2D eigenvalue weighted by atomic mass is 16.6. The summed E-state index contributed by atoms with van der Waals surface area (Å²) in [6, 6.07) is 5.50. The number of esters is 1. The van der Waals surface area contributed by atoms with Crippen LogP contribution in [-0.2, 0) is 16.0 Å². The summed E-state index contributed by atoms with van der Waals surface area (Å²) in [5.74, 6) is 0.697. The Labute approximate surface area is 126 Å². The van der Waals surface area contributed by atoms with Crippen molar-refractivity contribution in [2.45, 2.75) is 32.8 Å². The molecule has 0 spiro atoms. The Morgan fingerprint density at radius 3 is 2.38 bits per heavy atom. The molecule has 1 rings (SSSR count). The Hall–Kier alpha value is -1.75. The molecule has 0 aliphatic rings. The van der Waals surface area contributed by atoms with E-state index < -0.39 is 11.5 Å². The van der Waals surface area contributed by atoms with Crippen molar-refractivity contribution >= 4 is 5.97 Å². The average Bonchev–Trinajstić information content (AvgIpc) is 2.42. The topological polar surface area (TPSA) is 70.8 Å². The number of carbonyl (C=O) groups is 1. The second-order valence-electron chi connectivity index (χ2n) is 5.85. The third-order valence-corrected chi connectivity index (χ3v) is 2.99. The van der Waals surface area contributed by atoms with Crippen LogP contribution in [0.15, 0.2) is 18.2 Å². The number of carbonyl (C=O) groups excluding carboxylic acids is 1. The van der Waals surface area contributed by atoms with Gasteiger partial charge >= 0.3 is 5.97 Å². The maximum atomic E-state index is 12.1. The first-order chi connectivity index (χ1) is 9.80. The molecule has 1 aromatic carbocycles. The molecule has 0 saturated carbocycles. The number of rotatable bonds is 6. The van der Waals surface area contributed by atoms with Crippen molar-refractivity contribution in [1.82, 2.24) is 0 Å². The summed E-state index contributed by atoms with van der Waals surface area (Å²) < 4.78 is 15.9. The van der Waals surface area contributed by atoms with Crippen LogP contribution in [0.25, 0.3) is 0 Å². The van der Waals surface area contributed by atoms with Crippen molar-refractivity contribution < 1.29 is 19.0 Å². The van der Waals surface area contributed by atoms with Gasteiger partial charge in [0.2, 0.25) is 0 Å². The van der Waals surface area contributed by atoms with Gasteiger partial charge in [-0.15, -0.1) is 0 Å². The highest BCUT2D eigenvalue weighted by Gasteiger charge is 2.25. The smallest absolute Gasteiger partial charge is 0.311 e. The summed E-state index contributed by atoms with van der Waals surface area (Å²) in [5.41, 5.74) is 6.10. The third-order valence-electron chi connectivity index (χ3n) is 2.99. The number of ether oxygens (including phenoxy) is 3. The van der Waals surface area contributed by atoms with E-state index >= 15 is 0 Å². The first kappa shape index (κ1) is 17.3. The normalized spacial score (nSPS) is 12.7. The lowest BCUT2D eigenvalue weighted by atomic mass is 9.98. The molecule has 118 valence electrons. The van der Waals surface area contributed by atoms with Crippen LogP contribution in [0.5, 0.6) is 11.5 Å². The zero-order valence-electron chi connectivity index (χ0n) is 13.4. The van der Waals surface area contributed by atoms with E-state index in [0.717, 1.165) is 5.56 Å². The molecule has 0 aliphatic heterocycles. The van der Waals surface area contributed by atoms with Crippen molar-refractivity contribution in [1.29, 1.82) is 0 Å². The molecule has 2 N–H and O–H groups in total. The molecular weight excluding hydrogens is 270 g/mol. The maximum Gasteiger partial charge on any atom is 0.311 e. The number of hydrogen-bond donors (Lipinski definition) is 1. The number of nitrogens with two attached hydrogens (primary N) is 1. The van der Waals surface area contributed by atoms with Crippen LogP contribution in [0.4, 0.5) is 0 Å². The number of benzene rings is 1. The fourth-order valence-electron chi connectivity index (χ4n) is 1.93. The van der Waals surface area contributed by atoms with Gasteiger partial charge in [0.15, 0.2) is 0 Å². The summed E-state index contributed by atoms with van der Waals surface area (Å²) in [6.45, 7) is 5.75. The van der Waals surface area contributed by atoms with Crippen LogP contribution in [0.1, 0.15) is 26.3 Å². The molecule has 0 heterocycles. The summed E-state index contributed by atoms with van der Waals surface area (Å²) in [6.07, 6.45) is 0.471. The minimum atomic E-state index is -0.519. The van der Waals surface area contributed by atoms with Crippen LogP contribution in [-0.4, -0.2) is 32.3 Å². The van der Waals surface area contributed by atoms with E-state index in [-0.39, 0.29) is 12.5 Å². The SMILES string of the molecule is COc1ccc(CC(CN)C(=O)OC(C)(C)C)c(OC)c1. The van der Waals surface area contributed by atoms with Crippen LogP contribution in [0.2, 0.25) is 0 Å². The Balaban J connectivity index is 2.88. The average molecular weight is 295 g/mol. The second-order valence-corrected chi connectivity index (χ2v) is 5.85. The Morgan fingerprint density at radius 1 is 1.24 bits per heavy atom. The van der Waals surface area contributed by atoms with Crippen LogP contribution in [0, 0.1) is 5.92 Å². The predicted molar refractivity (Wildman–Crippen MR) is 81.6 cm³/mol. The molecule has 1 atom stereocenters. The van der Waals surface area contributed by atoms with Gasteiger partial charge in [-0.05, 0) is 38.8 Å². The molecule has 0 fully saturated rings. The van der Waals surface area contributed by atoms with Gasteiger partial charge in [0.25, 0.3) is 0 Å². The van der Waals surface area contributed by atoms with Gasteiger partial charge in [0.1, 0.15) is 17.1 Å². The Morgan fingerprint density at radius 2 is 1.90 bits per heavy atom. The lowest BCUT2D eigenvalue weighted by Gasteiger charge is -2.23. The first-order valence-electron chi connectivity index (χ1n) is 6.94. The third kappa shape index (κ3) is 5.27. The van der Waals surface area contributed by atoms with Gasteiger partial charge in [-0.1, -0.05) is 6.07 Å². The number of methoxy groups -OCH3 is 2. The van der Waals surface area contributed by atoms with Crippen molar-refractivity contribution in [3.63, 3.8) is 0 Å². The van der Waals surface area contributed by atoms with E-state index in [1.54, 1.807) is 20.3 Å². The van der Waals surface area contributed by atoms with E-state index in [1.807, 2.05) is 32.9 Å². The van der Waals surface area contributed by atoms with Gasteiger partial charge in [-0.2, -0.15) is 0 Å². The molecule has 0 amide bonds. The summed E-state index contributed by atoms with van der Waals surface area (Å²) in [4.78, 5) is 12.1. The fourth-order valence-corrected chi connectivity index (χ4v) is 1.93. The molecule has 1 aromatic rings. The minimum absolute atomic E-state index is 0.226. The van der Waals surface area contributed by atoms with E-state index in [0.29, 0.717) is 17.9 Å². The molecule has 0 aromatic heterocycles. The largest absolute Gasteiger partial charge is 0.497 e. The zero-order valence-corrected chi connectivity index (χ0v) is 13.4. The maximum absolute atomic E-state index is 12.1. The summed E-state index contributed by atoms with van der Waals surface area (Å²) >= 11 is 0. The van der Waals surface area contributed by atoms with E-state index in [9.17, 15) is 4.79 Å². The standard InChI is InChI=1S/C16H25NO4/c1-16(2,3)21-15(18)12(10-17)8-11-6-7-13(19-4)9-14(11)20-5/h6-7,9,12H,8,10,17H2,1-5H3. The highest BCUT2D eigenvalue weighted by molar-refractivity contribution is 5.73. The van der Waals surface area contributed by atoms with E-state index in [1.165, 1.54) is 0 Å². The molecule has 0 aliphatic carbocycles.